The normalized spacial score (nSPS) is 13.2. The number of amides is 2. The molecule has 0 spiro atoms. The van der Waals surface area contributed by atoms with Gasteiger partial charge in [0.2, 0.25) is 6.41 Å². The highest BCUT2D eigenvalue weighted by atomic mass is 32.2. The third kappa shape index (κ3) is 12.2. The van der Waals surface area contributed by atoms with Gasteiger partial charge in [0, 0.05) is 32.2 Å². The zero-order chi connectivity index (χ0) is 22.4. The van der Waals surface area contributed by atoms with Gasteiger partial charge in [0.25, 0.3) is 5.91 Å². The molecule has 0 aliphatic heterocycles. The molecule has 0 rings (SSSR count). The molecule has 166 valence electrons. The number of hydrogen-bond acceptors (Lipinski definition) is 9. The second-order valence-electron chi connectivity index (χ2n) is 6.80. The van der Waals surface area contributed by atoms with Crippen molar-refractivity contribution < 1.29 is 33.4 Å². The first-order chi connectivity index (χ1) is 13.6. The lowest BCUT2D eigenvalue weighted by atomic mass is 10.1. The van der Waals surface area contributed by atoms with Crippen LogP contribution in [-0.2, 0) is 33.4 Å². The van der Waals surface area contributed by atoms with Gasteiger partial charge in [-0.2, -0.15) is 0 Å². The Hall–Kier alpha value is -2.07. The van der Waals surface area contributed by atoms with E-state index in [2.05, 4.69) is 0 Å². The van der Waals surface area contributed by atoms with Crippen LogP contribution in [0.3, 0.4) is 0 Å². The van der Waals surface area contributed by atoms with Crippen molar-refractivity contribution in [1.82, 2.24) is 9.62 Å². The summed E-state index contributed by atoms with van der Waals surface area (Å²) < 4.78 is 17.9. The van der Waals surface area contributed by atoms with Gasteiger partial charge >= 0.3 is 11.9 Å². The molecule has 0 aromatic heterocycles. The van der Waals surface area contributed by atoms with Crippen molar-refractivity contribution in [2.45, 2.75) is 46.3 Å². The second-order valence-corrected chi connectivity index (χ2v) is 8.04. The number of imide groups is 1. The Morgan fingerprint density at radius 3 is 2.21 bits per heavy atom. The van der Waals surface area contributed by atoms with Crippen LogP contribution < -0.4 is 5.32 Å². The van der Waals surface area contributed by atoms with Gasteiger partial charge in [-0.25, -0.2) is 0 Å². The van der Waals surface area contributed by atoms with Crippen LogP contribution in [0, 0.1) is 11.8 Å². The zero-order valence-corrected chi connectivity index (χ0v) is 18.7. The van der Waals surface area contributed by atoms with Crippen molar-refractivity contribution in [3.63, 3.8) is 0 Å². The van der Waals surface area contributed by atoms with Crippen LogP contribution >= 0.6 is 11.9 Å². The minimum atomic E-state index is -0.599. The highest BCUT2D eigenvalue weighted by molar-refractivity contribution is 7.97. The van der Waals surface area contributed by atoms with Crippen LogP contribution in [0.15, 0.2) is 12.3 Å². The molecule has 0 aromatic carbocycles. The van der Waals surface area contributed by atoms with E-state index in [4.69, 9.17) is 14.2 Å². The molecule has 0 heterocycles. The monoisotopic (exact) mass is 432 g/mol. The van der Waals surface area contributed by atoms with Crippen molar-refractivity contribution in [2.24, 2.45) is 11.8 Å². The van der Waals surface area contributed by atoms with Crippen molar-refractivity contribution in [3.05, 3.63) is 12.3 Å². The van der Waals surface area contributed by atoms with Gasteiger partial charge < -0.3 is 18.5 Å². The number of hydrogen-bond donors (Lipinski definition) is 1. The number of ether oxygens (including phenoxy) is 3. The first kappa shape index (κ1) is 26.9. The molecule has 1 unspecified atom stereocenters. The molecule has 2 amide bonds. The molecule has 9 nitrogen and oxygen atoms in total. The Balaban J connectivity index is 4.85. The van der Waals surface area contributed by atoms with Gasteiger partial charge in [-0.05, 0) is 6.42 Å². The van der Waals surface area contributed by atoms with Gasteiger partial charge in [-0.15, -0.1) is 0 Å². The van der Waals surface area contributed by atoms with Crippen LogP contribution in [0.2, 0.25) is 0 Å². The summed E-state index contributed by atoms with van der Waals surface area (Å²) in [6.07, 6.45) is 2.29. The summed E-state index contributed by atoms with van der Waals surface area (Å²) in [6, 6.07) is 0. The average molecular weight is 433 g/mol. The van der Waals surface area contributed by atoms with Gasteiger partial charge in [-0.1, -0.05) is 39.6 Å². The summed E-state index contributed by atoms with van der Waals surface area (Å²) in [7, 11) is 3.21. The molecule has 0 saturated carbocycles. The maximum Gasteiger partial charge on any atom is 0.308 e. The molecular formula is C19H32N2O7S. The Bertz CT molecular complexity index is 567. The Morgan fingerprint density at radius 2 is 1.69 bits per heavy atom. The van der Waals surface area contributed by atoms with E-state index in [9.17, 15) is 19.2 Å². The third-order valence-electron chi connectivity index (χ3n) is 3.65. The van der Waals surface area contributed by atoms with E-state index in [-0.39, 0.29) is 30.4 Å². The van der Waals surface area contributed by atoms with Crippen LogP contribution in [0.4, 0.5) is 0 Å². The number of methoxy groups -OCH3 is 1. The molecule has 29 heavy (non-hydrogen) atoms. The molecule has 0 aliphatic rings. The lowest BCUT2D eigenvalue weighted by Gasteiger charge is -2.27. The summed E-state index contributed by atoms with van der Waals surface area (Å²) in [5.74, 6) is -1.27. The summed E-state index contributed by atoms with van der Waals surface area (Å²) >= 11 is 1.38. The van der Waals surface area contributed by atoms with Crippen molar-refractivity contribution in [2.75, 3.05) is 26.5 Å². The quantitative estimate of drug-likeness (QED) is 0.189. The molecule has 0 fully saturated rings. The fourth-order valence-electron chi connectivity index (χ4n) is 1.90. The number of rotatable bonds is 14. The standard InChI is InChI=1S/C19H32N2O7S/c1-13(2)18(24)27-11-16(26-6)15(28-19(25)14(3)4)8-10-29-21(5)9-7-17(23)20-12-22/h7,9,12-16H,8,10-11H2,1-6H3,(H,20,22,23)/b9-7-/t15-,16?/m0/s1. The molecule has 10 heteroatoms. The summed E-state index contributed by atoms with van der Waals surface area (Å²) in [6.45, 7) is 6.91. The van der Waals surface area contributed by atoms with Crippen LogP contribution in [0.25, 0.3) is 0 Å². The van der Waals surface area contributed by atoms with E-state index < -0.39 is 18.1 Å². The maximum atomic E-state index is 12.1. The van der Waals surface area contributed by atoms with Gasteiger partial charge in [0.05, 0.1) is 11.8 Å². The lowest BCUT2D eigenvalue weighted by molar-refractivity contribution is -0.167. The molecule has 0 aromatic rings. The largest absolute Gasteiger partial charge is 0.463 e. The summed E-state index contributed by atoms with van der Waals surface area (Å²) in [5, 5.41) is 2.00. The molecule has 1 N–H and O–H groups in total. The molecule has 2 atom stereocenters. The van der Waals surface area contributed by atoms with Gasteiger partial charge in [0.15, 0.2) is 0 Å². The molecule has 0 aliphatic carbocycles. The van der Waals surface area contributed by atoms with Crippen molar-refractivity contribution in [3.8, 4) is 0 Å². The van der Waals surface area contributed by atoms with E-state index in [1.807, 2.05) is 5.32 Å². The van der Waals surface area contributed by atoms with E-state index in [0.29, 0.717) is 18.6 Å². The Kier molecular flexibility index (Phi) is 13.8. The van der Waals surface area contributed by atoms with Gasteiger partial charge in [-0.3, -0.25) is 24.5 Å². The first-order valence-electron chi connectivity index (χ1n) is 9.30. The number of carbonyl (C=O) groups is 4. The summed E-state index contributed by atoms with van der Waals surface area (Å²) in [4.78, 5) is 45.2. The number of carbonyl (C=O) groups excluding carboxylic acids is 4. The molecule has 0 bridgehead atoms. The van der Waals surface area contributed by atoms with Crippen molar-refractivity contribution >= 4 is 36.2 Å². The second kappa shape index (κ2) is 14.9. The predicted molar refractivity (Wildman–Crippen MR) is 109 cm³/mol. The smallest absolute Gasteiger partial charge is 0.308 e. The van der Waals surface area contributed by atoms with Gasteiger partial charge in [0.1, 0.15) is 18.8 Å². The SMILES string of the molecule is COC(COC(=O)C(C)C)[C@H](CCSN(C)/C=C\C(=O)NC=O)OC(=O)C(C)C. The van der Waals surface area contributed by atoms with E-state index in [1.54, 1.807) is 39.0 Å². The topological polar surface area (TPSA) is 111 Å². The third-order valence-corrected chi connectivity index (χ3v) is 4.60. The zero-order valence-electron chi connectivity index (χ0n) is 17.9. The predicted octanol–water partition coefficient (Wildman–Crippen LogP) is 1.52. The van der Waals surface area contributed by atoms with Crippen LogP contribution in [0.1, 0.15) is 34.1 Å². The van der Waals surface area contributed by atoms with E-state index >= 15 is 0 Å². The summed E-state index contributed by atoms with van der Waals surface area (Å²) in [5.41, 5.74) is 0. The van der Waals surface area contributed by atoms with Crippen LogP contribution in [0.5, 0.6) is 0 Å². The minimum Gasteiger partial charge on any atom is -0.463 e. The van der Waals surface area contributed by atoms with E-state index in [0.717, 1.165) is 0 Å². The Morgan fingerprint density at radius 1 is 1.07 bits per heavy atom. The molecule has 0 saturated heterocycles. The number of nitrogens with zero attached hydrogens (tertiary/aromatic N) is 1. The van der Waals surface area contributed by atoms with Crippen LogP contribution in [-0.4, -0.2) is 67.3 Å². The number of nitrogens with one attached hydrogen (secondary N) is 1. The molecule has 0 radical (unpaired) electrons. The number of esters is 2. The van der Waals surface area contributed by atoms with E-state index in [1.165, 1.54) is 31.3 Å². The average Bonchev–Trinajstić information content (AvgIpc) is 2.66. The molecular weight excluding hydrogens is 400 g/mol. The first-order valence-corrected chi connectivity index (χ1v) is 10.2. The highest BCUT2D eigenvalue weighted by Crippen LogP contribution is 2.17. The lowest BCUT2D eigenvalue weighted by Crippen LogP contribution is -2.39. The minimum absolute atomic E-state index is 0.0180. The maximum absolute atomic E-state index is 12.1. The fourth-order valence-corrected chi connectivity index (χ4v) is 2.67. The Labute approximate surface area is 176 Å². The fraction of sp³-hybridized carbons (Fsp3) is 0.684. The van der Waals surface area contributed by atoms with Crippen molar-refractivity contribution in [1.29, 1.82) is 0 Å². The highest BCUT2D eigenvalue weighted by Gasteiger charge is 2.28.